The lowest BCUT2D eigenvalue weighted by Gasteiger charge is -2.00. The highest BCUT2D eigenvalue weighted by Crippen LogP contribution is 2.24. The summed E-state index contributed by atoms with van der Waals surface area (Å²) in [5, 5.41) is 4.44. The first-order chi connectivity index (χ1) is 11.1. The Kier molecular flexibility index (Phi) is 5.00. The van der Waals surface area contributed by atoms with Crippen molar-refractivity contribution in [1.82, 2.24) is 9.78 Å². The molecule has 0 atom stereocenters. The molecule has 0 fully saturated rings. The lowest BCUT2D eigenvalue weighted by atomic mass is 10.1. The molecule has 23 heavy (non-hydrogen) atoms. The van der Waals surface area contributed by atoms with Crippen molar-refractivity contribution in [1.29, 1.82) is 0 Å². The highest BCUT2D eigenvalue weighted by Gasteiger charge is 2.11. The first-order valence-electron chi connectivity index (χ1n) is 6.70. The molecule has 0 unspecified atom stereocenters. The summed E-state index contributed by atoms with van der Waals surface area (Å²) in [4.78, 5) is 12.1. The van der Waals surface area contributed by atoms with Gasteiger partial charge in [-0.2, -0.15) is 0 Å². The van der Waals surface area contributed by atoms with Crippen LogP contribution in [0.4, 0.5) is 4.39 Å². The van der Waals surface area contributed by atoms with Gasteiger partial charge in [-0.25, -0.2) is 9.07 Å². The van der Waals surface area contributed by atoms with E-state index < -0.39 is 0 Å². The van der Waals surface area contributed by atoms with Gasteiger partial charge in [-0.1, -0.05) is 41.3 Å². The van der Waals surface area contributed by atoms with E-state index in [4.69, 9.17) is 12.2 Å². The van der Waals surface area contributed by atoms with E-state index in [0.717, 1.165) is 10.0 Å². The zero-order valence-electron chi connectivity index (χ0n) is 11.8. The molecule has 3 rings (SSSR count). The van der Waals surface area contributed by atoms with Gasteiger partial charge in [0.1, 0.15) is 5.82 Å². The summed E-state index contributed by atoms with van der Waals surface area (Å²) in [6.45, 7) is 0. The van der Waals surface area contributed by atoms with Crippen LogP contribution in [0.25, 0.3) is 5.69 Å². The molecule has 0 amide bonds. The molecule has 0 radical (unpaired) electrons. The number of hydrogen-bond acceptors (Lipinski definition) is 5. The number of para-hydroxylation sites is 1. The average Bonchev–Trinajstić information content (AvgIpc) is 2.95. The lowest BCUT2D eigenvalue weighted by molar-refractivity contribution is 0.102. The standard InChI is InChI=1S/C16H11FN2OS3/c17-12-8-6-11(7-9-12)14(20)10-22-15-18-19(16(21)23-15)13-4-2-1-3-5-13/h1-9H,10H2. The number of rotatable bonds is 5. The van der Waals surface area contributed by atoms with Crippen molar-refractivity contribution in [2.75, 3.05) is 5.75 Å². The van der Waals surface area contributed by atoms with Crippen molar-refractivity contribution >= 4 is 41.1 Å². The molecular formula is C16H11FN2OS3. The summed E-state index contributed by atoms with van der Waals surface area (Å²) in [5.41, 5.74) is 1.38. The number of benzene rings is 2. The van der Waals surface area contributed by atoms with E-state index in [9.17, 15) is 9.18 Å². The molecule has 0 bridgehead atoms. The fraction of sp³-hybridized carbons (Fsp3) is 0.0625. The van der Waals surface area contributed by atoms with E-state index in [1.54, 1.807) is 4.68 Å². The van der Waals surface area contributed by atoms with E-state index in [-0.39, 0.29) is 17.4 Å². The van der Waals surface area contributed by atoms with Gasteiger partial charge < -0.3 is 0 Å². The molecule has 1 heterocycles. The quantitative estimate of drug-likeness (QED) is 0.372. The molecule has 7 heteroatoms. The average molecular weight is 362 g/mol. The van der Waals surface area contributed by atoms with E-state index >= 15 is 0 Å². The van der Waals surface area contributed by atoms with Crippen LogP contribution in [-0.2, 0) is 0 Å². The van der Waals surface area contributed by atoms with Crippen LogP contribution in [0.5, 0.6) is 0 Å². The molecule has 0 aliphatic rings. The third-order valence-electron chi connectivity index (χ3n) is 3.02. The maximum atomic E-state index is 12.9. The monoisotopic (exact) mass is 362 g/mol. The topological polar surface area (TPSA) is 34.9 Å². The lowest BCUT2D eigenvalue weighted by Crippen LogP contribution is -2.02. The Morgan fingerprint density at radius 3 is 2.57 bits per heavy atom. The van der Waals surface area contributed by atoms with Crippen molar-refractivity contribution in [3.8, 4) is 5.69 Å². The minimum Gasteiger partial charge on any atom is -0.293 e. The van der Waals surface area contributed by atoms with Crippen molar-refractivity contribution in [3.63, 3.8) is 0 Å². The van der Waals surface area contributed by atoms with Crippen LogP contribution in [0.1, 0.15) is 10.4 Å². The zero-order chi connectivity index (χ0) is 16.2. The van der Waals surface area contributed by atoms with Gasteiger partial charge in [0.05, 0.1) is 11.4 Å². The zero-order valence-corrected chi connectivity index (χ0v) is 14.3. The largest absolute Gasteiger partial charge is 0.293 e. The Balaban J connectivity index is 1.71. The van der Waals surface area contributed by atoms with Crippen LogP contribution >= 0.6 is 35.3 Å². The van der Waals surface area contributed by atoms with Crippen LogP contribution in [0, 0.1) is 9.77 Å². The highest BCUT2D eigenvalue weighted by atomic mass is 32.2. The maximum absolute atomic E-state index is 12.9. The van der Waals surface area contributed by atoms with Crippen molar-refractivity contribution in [2.45, 2.75) is 4.34 Å². The summed E-state index contributed by atoms with van der Waals surface area (Å²) in [5.74, 6) is -0.181. The molecule has 0 saturated heterocycles. The van der Waals surface area contributed by atoms with Gasteiger partial charge in [-0.15, -0.1) is 5.10 Å². The van der Waals surface area contributed by atoms with Gasteiger partial charge in [-0.3, -0.25) is 4.79 Å². The van der Waals surface area contributed by atoms with Gasteiger partial charge >= 0.3 is 0 Å². The Bertz CT molecular complexity index is 872. The first kappa shape index (κ1) is 16.0. The molecule has 3 nitrogen and oxygen atoms in total. The number of Topliss-reactive ketones (excluding diaryl/α,β-unsaturated/α-hetero) is 1. The normalized spacial score (nSPS) is 10.7. The Morgan fingerprint density at radius 2 is 1.87 bits per heavy atom. The molecule has 3 aromatic rings. The number of nitrogens with zero attached hydrogens (tertiary/aromatic N) is 2. The van der Waals surface area contributed by atoms with Gasteiger partial charge in [0.15, 0.2) is 14.1 Å². The molecule has 0 spiro atoms. The fourth-order valence-corrected chi connectivity index (χ4v) is 4.15. The van der Waals surface area contributed by atoms with Crippen LogP contribution in [0.2, 0.25) is 0 Å². The van der Waals surface area contributed by atoms with Gasteiger partial charge in [-0.05, 0) is 48.6 Å². The molecule has 1 aromatic heterocycles. The van der Waals surface area contributed by atoms with Crippen molar-refractivity contribution < 1.29 is 9.18 Å². The van der Waals surface area contributed by atoms with Crippen LogP contribution in [0.15, 0.2) is 58.9 Å². The van der Waals surface area contributed by atoms with Gasteiger partial charge in [0.2, 0.25) is 0 Å². The summed E-state index contributed by atoms with van der Waals surface area (Å²) >= 11 is 8.02. The summed E-state index contributed by atoms with van der Waals surface area (Å²) < 4.78 is 15.9. The maximum Gasteiger partial charge on any atom is 0.184 e. The van der Waals surface area contributed by atoms with Crippen LogP contribution < -0.4 is 0 Å². The molecule has 0 aliphatic heterocycles. The Hall–Kier alpha value is -1.83. The number of halogens is 1. The minimum absolute atomic E-state index is 0.0672. The SMILES string of the molecule is O=C(CSc1nn(-c2ccccc2)c(=S)s1)c1ccc(F)cc1. The summed E-state index contributed by atoms with van der Waals surface area (Å²) in [6, 6.07) is 15.2. The van der Waals surface area contributed by atoms with Crippen molar-refractivity contribution in [3.05, 3.63) is 69.9 Å². The molecule has 0 N–H and O–H groups in total. The van der Waals surface area contributed by atoms with Gasteiger partial charge in [0, 0.05) is 5.56 Å². The van der Waals surface area contributed by atoms with Gasteiger partial charge in [0.25, 0.3) is 0 Å². The first-order valence-corrected chi connectivity index (χ1v) is 8.92. The summed E-state index contributed by atoms with van der Waals surface area (Å²) in [6.07, 6.45) is 0. The van der Waals surface area contributed by atoms with E-state index in [1.165, 1.54) is 47.4 Å². The third-order valence-corrected chi connectivity index (χ3v) is 5.39. The van der Waals surface area contributed by atoms with E-state index in [0.29, 0.717) is 9.52 Å². The predicted molar refractivity (Wildman–Crippen MR) is 93.7 cm³/mol. The molecular weight excluding hydrogens is 351 g/mol. The number of ketones is 1. The number of hydrogen-bond donors (Lipinski definition) is 0. The second-order valence-corrected chi connectivity index (χ2v) is 7.45. The van der Waals surface area contributed by atoms with E-state index in [1.807, 2.05) is 30.3 Å². The van der Waals surface area contributed by atoms with Crippen LogP contribution in [-0.4, -0.2) is 21.3 Å². The predicted octanol–water partition coefficient (Wildman–Crippen LogP) is 4.78. The number of carbonyl (C=O) groups is 1. The second kappa shape index (κ2) is 7.16. The molecule has 116 valence electrons. The third kappa shape index (κ3) is 3.93. The molecule has 2 aromatic carbocycles. The summed E-state index contributed by atoms with van der Waals surface area (Å²) in [7, 11) is 0. The smallest absolute Gasteiger partial charge is 0.184 e. The highest BCUT2D eigenvalue weighted by molar-refractivity contribution is 8.01. The number of carbonyl (C=O) groups excluding carboxylic acids is 1. The number of thioether (sulfide) groups is 1. The second-order valence-electron chi connectivity index (χ2n) is 4.60. The molecule has 0 saturated carbocycles. The minimum atomic E-state index is -0.353. The van der Waals surface area contributed by atoms with E-state index in [2.05, 4.69) is 5.10 Å². The van der Waals surface area contributed by atoms with Crippen LogP contribution in [0.3, 0.4) is 0 Å². The van der Waals surface area contributed by atoms with Crippen molar-refractivity contribution in [2.24, 2.45) is 0 Å². The molecule has 0 aliphatic carbocycles. The Labute approximate surface area is 145 Å². The fourth-order valence-electron chi connectivity index (χ4n) is 1.90. The Morgan fingerprint density at radius 1 is 1.17 bits per heavy atom. The number of aromatic nitrogens is 2.